The third kappa shape index (κ3) is 5.62. The van der Waals surface area contributed by atoms with Crippen LogP contribution in [0.5, 0.6) is 11.6 Å². The van der Waals surface area contributed by atoms with Crippen molar-refractivity contribution in [3.05, 3.63) is 78.0 Å². The van der Waals surface area contributed by atoms with E-state index in [-0.39, 0.29) is 35.4 Å². The van der Waals surface area contributed by atoms with E-state index in [9.17, 15) is 18.0 Å². The minimum Gasteiger partial charge on any atom is -0.497 e. The van der Waals surface area contributed by atoms with Crippen LogP contribution in [-0.2, 0) is 25.0 Å². The van der Waals surface area contributed by atoms with Gasteiger partial charge >= 0.3 is 0 Å². The lowest BCUT2D eigenvalue weighted by atomic mass is 9.72. The molecule has 244 valence electrons. The Kier molecular flexibility index (Phi) is 9.04. The zero-order valence-corrected chi connectivity index (χ0v) is 27.4. The molecule has 2 aromatic carbocycles. The van der Waals surface area contributed by atoms with Crippen molar-refractivity contribution in [1.29, 1.82) is 0 Å². The van der Waals surface area contributed by atoms with Crippen molar-refractivity contribution in [2.75, 3.05) is 64.3 Å². The number of hydrogen-bond donors (Lipinski definition) is 0. The Morgan fingerprint density at radius 1 is 0.935 bits per heavy atom. The number of rotatable bonds is 9. The van der Waals surface area contributed by atoms with Crippen LogP contribution in [0.1, 0.15) is 37.3 Å². The number of pyridine rings is 1. The van der Waals surface area contributed by atoms with Crippen molar-refractivity contribution in [2.24, 2.45) is 0 Å². The Bertz CT molecular complexity index is 1680. The van der Waals surface area contributed by atoms with Crippen molar-refractivity contribution < 1.29 is 27.5 Å². The first-order valence-corrected chi connectivity index (χ1v) is 17.3. The Labute approximate surface area is 270 Å². The van der Waals surface area contributed by atoms with Gasteiger partial charge in [0.2, 0.25) is 11.8 Å². The smallest absolute Gasteiger partial charge is 0.270 e. The number of nitrogens with zero attached hydrogens (tertiary/aromatic N) is 5. The van der Waals surface area contributed by atoms with Crippen LogP contribution in [0.25, 0.3) is 0 Å². The fourth-order valence-corrected chi connectivity index (χ4v) is 8.51. The highest BCUT2D eigenvalue weighted by Gasteiger charge is 2.58. The monoisotopic (exact) mass is 647 g/mol. The average molecular weight is 648 g/mol. The molecule has 46 heavy (non-hydrogen) atoms. The van der Waals surface area contributed by atoms with E-state index < -0.39 is 21.3 Å². The molecular weight excluding hydrogens is 606 g/mol. The summed E-state index contributed by atoms with van der Waals surface area (Å²) in [5, 5.41) is 0. The van der Waals surface area contributed by atoms with Gasteiger partial charge in [-0.15, -0.1) is 0 Å². The van der Waals surface area contributed by atoms with E-state index in [1.807, 2.05) is 6.92 Å². The number of para-hydroxylation sites is 1. The van der Waals surface area contributed by atoms with Crippen LogP contribution in [0.15, 0.2) is 71.8 Å². The summed E-state index contributed by atoms with van der Waals surface area (Å²) in [6.45, 7) is 6.81. The normalized spacial score (nSPS) is 21.3. The lowest BCUT2D eigenvalue weighted by molar-refractivity contribution is -0.137. The highest BCUT2D eigenvalue weighted by molar-refractivity contribution is 7.93. The molecule has 2 amide bonds. The van der Waals surface area contributed by atoms with E-state index >= 15 is 0 Å². The molecule has 4 heterocycles. The van der Waals surface area contributed by atoms with Gasteiger partial charge in [-0.3, -0.25) is 14.5 Å². The number of hydrogen-bond acceptors (Lipinski definition) is 9. The predicted molar refractivity (Wildman–Crippen MR) is 174 cm³/mol. The number of aromatic nitrogens is 1. The number of methoxy groups -OCH3 is 1. The molecule has 1 aromatic heterocycles. The zero-order valence-electron chi connectivity index (χ0n) is 26.6. The molecule has 2 fully saturated rings. The van der Waals surface area contributed by atoms with Gasteiger partial charge in [0, 0.05) is 50.4 Å². The predicted octanol–water partition coefficient (Wildman–Crippen LogP) is 3.14. The first kappa shape index (κ1) is 32.0. The van der Waals surface area contributed by atoms with Crippen molar-refractivity contribution in [2.45, 2.75) is 42.5 Å². The van der Waals surface area contributed by atoms with Crippen LogP contribution in [-0.4, -0.2) is 106 Å². The Morgan fingerprint density at radius 3 is 2.28 bits per heavy atom. The van der Waals surface area contributed by atoms with Gasteiger partial charge in [-0.05, 0) is 81.9 Å². The van der Waals surface area contributed by atoms with Crippen molar-refractivity contribution in [3.8, 4) is 11.6 Å². The van der Waals surface area contributed by atoms with Crippen LogP contribution >= 0.6 is 0 Å². The molecule has 0 bridgehead atoms. The summed E-state index contributed by atoms with van der Waals surface area (Å²) in [6.07, 6.45) is 3.51. The van der Waals surface area contributed by atoms with Gasteiger partial charge in [0.15, 0.2) is 0 Å². The van der Waals surface area contributed by atoms with E-state index in [1.54, 1.807) is 47.5 Å². The van der Waals surface area contributed by atoms with Crippen LogP contribution in [0.2, 0.25) is 0 Å². The molecule has 12 heteroatoms. The van der Waals surface area contributed by atoms with Crippen LogP contribution in [0.4, 0.5) is 5.69 Å². The Balaban J connectivity index is 1.38. The highest BCUT2D eigenvalue weighted by atomic mass is 32.2. The van der Waals surface area contributed by atoms with Crippen LogP contribution in [0.3, 0.4) is 0 Å². The maximum Gasteiger partial charge on any atom is 0.270 e. The lowest BCUT2D eigenvalue weighted by Crippen LogP contribution is -2.55. The van der Waals surface area contributed by atoms with E-state index in [4.69, 9.17) is 9.47 Å². The summed E-state index contributed by atoms with van der Waals surface area (Å²) in [4.78, 5) is 40.2. The summed E-state index contributed by atoms with van der Waals surface area (Å²) >= 11 is 0. The molecule has 0 saturated carbocycles. The molecule has 3 aliphatic heterocycles. The maximum absolute atomic E-state index is 14.9. The fraction of sp³-hybridized carbons (Fsp3) is 0.441. The molecule has 0 aliphatic carbocycles. The summed E-state index contributed by atoms with van der Waals surface area (Å²) in [6, 6.07) is 16.6. The SMILES string of the molecule is CCOc1ncccc1C1(CC(=O)N2CCN(C3CCN(C)CC3)CC2)C(=O)N(S(=O)(=O)c2ccc(OC)cc2)c2ccccc21. The lowest BCUT2D eigenvalue weighted by Gasteiger charge is -2.42. The van der Waals surface area contributed by atoms with E-state index in [0.717, 1.165) is 43.3 Å². The molecule has 1 atom stereocenters. The average Bonchev–Trinajstić information content (AvgIpc) is 3.33. The number of likely N-dealkylation sites (tertiary alicyclic amines) is 1. The molecule has 11 nitrogen and oxygen atoms in total. The first-order chi connectivity index (χ1) is 22.2. The number of ether oxygens (including phenoxy) is 2. The molecular formula is C34H41N5O6S. The molecule has 2 saturated heterocycles. The molecule has 3 aromatic rings. The fourth-order valence-electron chi connectivity index (χ4n) is 7.03. The highest BCUT2D eigenvalue weighted by Crippen LogP contribution is 2.52. The molecule has 0 N–H and O–H groups in total. The van der Waals surface area contributed by atoms with Gasteiger partial charge in [0.1, 0.15) is 11.2 Å². The second-order valence-corrected chi connectivity index (χ2v) is 13.9. The second kappa shape index (κ2) is 13.0. The van der Waals surface area contributed by atoms with E-state index in [2.05, 4.69) is 21.8 Å². The number of sulfonamides is 1. The number of carbonyl (C=O) groups excluding carboxylic acids is 2. The largest absolute Gasteiger partial charge is 0.497 e. The van der Waals surface area contributed by atoms with Crippen molar-refractivity contribution >= 4 is 27.5 Å². The molecule has 0 radical (unpaired) electrons. The zero-order chi connectivity index (χ0) is 32.5. The number of carbonyl (C=O) groups is 2. The number of piperidine rings is 1. The van der Waals surface area contributed by atoms with Crippen molar-refractivity contribution in [3.63, 3.8) is 0 Å². The summed E-state index contributed by atoms with van der Waals surface area (Å²) in [5.41, 5.74) is -0.698. The van der Waals surface area contributed by atoms with Gasteiger partial charge in [0.05, 0.1) is 24.3 Å². The summed E-state index contributed by atoms with van der Waals surface area (Å²) in [7, 11) is -0.743. The third-order valence-corrected chi connectivity index (χ3v) is 11.2. The van der Waals surface area contributed by atoms with Gasteiger partial charge in [-0.1, -0.05) is 24.3 Å². The summed E-state index contributed by atoms with van der Waals surface area (Å²) in [5.74, 6) is -0.283. The molecule has 6 rings (SSSR count). The van der Waals surface area contributed by atoms with Crippen molar-refractivity contribution in [1.82, 2.24) is 19.7 Å². The maximum atomic E-state index is 14.9. The van der Waals surface area contributed by atoms with Gasteiger partial charge in [0.25, 0.3) is 15.9 Å². The molecule has 1 unspecified atom stereocenters. The van der Waals surface area contributed by atoms with Gasteiger partial charge < -0.3 is 19.3 Å². The minimum atomic E-state index is -4.38. The first-order valence-electron chi connectivity index (χ1n) is 15.8. The number of anilines is 1. The molecule has 3 aliphatic rings. The number of benzene rings is 2. The molecule has 0 spiro atoms. The number of fused-ring (bicyclic) bond motifs is 1. The minimum absolute atomic E-state index is 0.0696. The quantitative estimate of drug-likeness (QED) is 0.346. The van der Waals surface area contributed by atoms with E-state index in [1.165, 1.54) is 31.4 Å². The number of piperazine rings is 1. The third-order valence-electron chi connectivity index (χ3n) is 9.53. The van der Waals surface area contributed by atoms with E-state index in [0.29, 0.717) is 36.0 Å². The topological polar surface area (TPSA) is 113 Å². The van der Waals surface area contributed by atoms with Crippen LogP contribution in [0, 0.1) is 0 Å². The number of amides is 2. The Morgan fingerprint density at radius 2 is 1.61 bits per heavy atom. The van der Waals surface area contributed by atoms with Gasteiger partial charge in [-0.25, -0.2) is 17.7 Å². The summed E-state index contributed by atoms with van der Waals surface area (Å²) < 4.78 is 40.5. The van der Waals surface area contributed by atoms with Crippen LogP contribution < -0.4 is 13.8 Å². The van der Waals surface area contributed by atoms with Gasteiger partial charge in [-0.2, -0.15) is 0 Å². The Hall–Kier alpha value is -4.00. The standard InChI is InChI=1S/C34H41N5O6S/c1-4-45-32-29(9-7-17-35-32)34(24-31(40)38-22-20-37(21-23-38)25-15-18-36(2)19-16-25)28-8-5-6-10-30(28)39(33(34)41)46(42,43)27-13-11-26(44-3)12-14-27/h5-14,17,25H,4,15-16,18-24H2,1-3H3. The second-order valence-electron chi connectivity index (χ2n) is 12.1.